The Labute approximate surface area is 316 Å². The van der Waals surface area contributed by atoms with Crippen molar-refractivity contribution in [3.8, 4) is 28.4 Å². The summed E-state index contributed by atoms with van der Waals surface area (Å²) in [5.41, 5.74) is 8.65. The molecule has 6 aromatic rings. The summed E-state index contributed by atoms with van der Waals surface area (Å²) in [6.07, 6.45) is 2.27. The van der Waals surface area contributed by atoms with Crippen molar-refractivity contribution in [3.63, 3.8) is 0 Å². The number of rotatable bonds is 12. The van der Waals surface area contributed by atoms with Crippen LogP contribution in [0.2, 0.25) is 0 Å². The Morgan fingerprint density at radius 3 is 1.13 bits per heavy atom. The molecule has 5 heteroatoms. The van der Waals surface area contributed by atoms with E-state index in [2.05, 4.69) is 133 Å². The molecular formula is C48H50O4S. The first-order chi connectivity index (χ1) is 25.2. The number of aromatic hydroxyl groups is 1. The molecule has 0 aliphatic rings. The van der Waals surface area contributed by atoms with Crippen LogP contribution in [-0.4, -0.2) is 13.5 Å². The Bertz CT molecular complexity index is 2240. The second kappa shape index (κ2) is 14.7. The lowest BCUT2D eigenvalue weighted by atomic mass is 9.74. The Hall–Kier alpha value is -5.13. The first kappa shape index (κ1) is 37.6. The van der Waals surface area contributed by atoms with Crippen molar-refractivity contribution in [3.05, 3.63) is 173 Å². The number of phenolic OH excluding ortho intramolecular Hbond substituents is 1. The molecule has 0 fully saturated rings. The van der Waals surface area contributed by atoms with E-state index in [1.165, 1.54) is 69.8 Å². The first-order valence-corrected chi connectivity index (χ1v) is 19.9. The molecule has 0 unspecified atom stereocenters. The zero-order valence-electron chi connectivity index (χ0n) is 31.9. The first-order valence-electron chi connectivity index (χ1n) is 18.4. The quantitative estimate of drug-likeness (QED) is 0.137. The van der Waals surface area contributed by atoms with Gasteiger partial charge in [-0.15, -0.1) is 0 Å². The predicted octanol–water partition coefficient (Wildman–Crippen LogP) is 12.4. The minimum absolute atomic E-state index is 0.0149. The van der Waals surface area contributed by atoms with Crippen LogP contribution >= 0.6 is 0 Å². The highest BCUT2D eigenvalue weighted by Crippen LogP contribution is 2.38. The molecule has 0 aliphatic heterocycles. The molecule has 0 bridgehead atoms. The van der Waals surface area contributed by atoms with Gasteiger partial charge in [0.25, 0.3) is 0 Å². The highest BCUT2D eigenvalue weighted by atomic mass is 32.2. The van der Waals surface area contributed by atoms with Crippen molar-refractivity contribution >= 4 is 9.84 Å². The third-order valence-corrected chi connectivity index (χ3v) is 13.3. The van der Waals surface area contributed by atoms with Crippen LogP contribution in [0.5, 0.6) is 17.2 Å². The Balaban J connectivity index is 1.11. The second-order valence-electron chi connectivity index (χ2n) is 15.3. The summed E-state index contributed by atoms with van der Waals surface area (Å²) < 4.78 is 32.0. The molecule has 1 N–H and O–H groups in total. The molecule has 6 rings (SSSR count). The number of benzene rings is 6. The number of hydrogen-bond donors (Lipinski definition) is 1. The van der Waals surface area contributed by atoms with Gasteiger partial charge in [0.05, 0.1) is 9.79 Å². The van der Waals surface area contributed by atoms with E-state index in [1.54, 1.807) is 12.1 Å². The van der Waals surface area contributed by atoms with Gasteiger partial charge in [0.15, 0.2) is 0 Å². The van der Waals surface area contributed by atoms with Gasteiger partial charge >= 0.3 is 0 Å². The smallest absolute Gasteiger partial charge is 0.206 e. The van der Waals surface area contributed by atoms with Gasteiger partial charge < -0.3 is 9.84 Å². The van der Waals surface area contributed by atoms with Crippen LogP contribution in [0, 0.1) is 0 Å². The molecule has 0 heterocycles. The van der Waals surface area contributed by atoms with E-state index in [1.807, 2.05) is 12.1 Å². The van der Waals surface area contributed by atoms with Crippen LogP contribution in [0.25, 0.3) is 11.1 Å². The SMILES string of the molecule is CCC(C)(CC)c1ccc(C(C)(C)c2ccc(-c3ccc(C(C)(C)c4ccc(Oc5ccc(S(=O)(=O)c6ccc(O)cc6)cc5)cc4)cc3)cc2)cc1. The zero-order chi connectivity index (χ0) is 38.0. The minimum Gasteiger partial charge on any atom is -0.508 e. The number of phenols is 1. The molecule has 6 aromatic carbocycles. The predicted molar refractivity (Wildman–Crippen MR) is 217 cm³/mol. The van der Waals surface area contributed by atoms with Gasteiger partial charge in [0.1, 0.15) is 17.2 Å². The van der Waals surface area contributed by atoms with Crippen LogP contribution in [0.3, 0.4) is 0 Å². The molecular weight excluding hydrogens is 673 g/mol. The van der Waals surface area contributed by atoms with E-state index < -0.39 is 9.84 Å². The van der Waals surface area contributed by atoms with E-state index in [0.29, 0.717) is 11.5 Å². The van der Waals surface area contributed by atoms with Crippen LogP contribution in [0.4, 0.5) is 0 Å². The maximum absolute atomic E-state index is 13.0. The van der Waals surface area contributed by atoms with Gasteiger partial charge in [-0.3, -0.25) is 0 Å². The summed E-state index contributed by atoms with van der Waals surface area (Å²) in [5, 5.41) is 9.51. The molecule has 0 spiro atoms. The zero-order valence-corrected chi connectivity index (χ0v) is 32.7. The van der Waals surface area contributed by atoms with Gasteiger partial charge in [-0.1, -0.05) is 133 Å². The van der Waals surface area contributed by atoms with Crippen LogP contribution < -0.4 is 4.74 Å². The molecule has 0 saturated heterocycles. The van der Waals surface area contributed by atoms with Crippen LogP contribution in [-0.2, 0) is 26.1 Å². The van der Waals surface area contributed by atoms with E-state index >= 15 is 0 Å². The molecule has 272 valence electrons. The molecule has 4 nitrogen and oxygen atoms in total. The Morgan fingerprint density at radius 2 is 0.755 bits per heavy atom. The topological polar surface area (TPSA) is 63.6 Å². The fraction of sp³-hybridized carbons (Fsp3) is 0.250. The molecule has 53 heavy (non-hydrogen) atoms. The monoisotopic (exact) mass is 722 g/mol. The minimum atomic E-state index is -3.70. The highest BCUT2D eigenvalue weighted by molar-refractivity contribution is 7.91. The van der Waals surface area contributed by atoms with Crippen LogP contribution in [0.15, 0.2) is 155 Å². The van der Waals surface area contributed by atoms with Crippen molar-refractivity contribution in [2.45, 2.75) is 87.3 Å². The molecule has 0 radical (unpaired) electrons. The van der Waals surface area contributed by atoms with Gasteiger partial charge in [-0.05, 0) is 118 Å². The van der Waals surface area contributed by atoms with E-state index in [-0.39, 0.29) is 31.8 Å². The highest BCUT2D eigenvalue weighted by Gasteiger charge is 2.27. The molecule has 0 aromatic heterocycles. The third-order valence-electron chi connectivity index (χ3n) is 11.5. The third kappa shape index (κ3) is 7.68. The van der Waals surface area contributed by atoms with E-state index in [9.17, 15) is 13.5 Å². The van der Waals surface area contributed by atoms with Crippen molar-refractivity contribution in [2.24, 2.45) is 0 Å². The molecule has 0 saturated carbocycles. The van der Waals surface area contributed by atoms with Gasteiger partial charge in [0.2, 0.25) is 9.84 Å². The van der Waals surface area contributed by atoms with E-state index in [4.69, 9.17) is 4.74 Å². The fourth-order valence-corrected chi connectivity index (χ4v) is 8.22. The number of sulfone groups is 1. The Morgan fingerprint density at radius 1 is 0.453 bits per heavy atom. The van der Waals surface area contributed by atoms with Crippen molar-refractivity contribution in [2.75, 3.05) is 0 Å². The normalized spacial score (nSPS) is 12.4. The maximum atomic E-state index is 13.0. The van der Waals surface area contributed by atoms with Gasteiger partial charge in [-0.2, -0.15) is 0 Å². The maximum Gasteiger partial charge on any atom is 0.206 e. The van der Waals surface area contributed by atoms with Gasteiger partial charge in [-0.25, -0.2) is 8.42 Å². The van der Waals surface area contributed by atoms with Crippen molar-refractivity contribution in [1.29, 1.82) is 0 Å². The summed E-state index contributed by atoms with van der Waals surface area (Å²) >= 11 is 0. The van der Waals surface area contributed by atoms with Crippen LogP contribution in [0.1, 0.15) is 89.1 Å². The van der Waals surface area contributed by atoms with Crippen molar-refractivity contribution in [1.82, 2.24) is 0 Å². The fourth-order valence-electron chi connectivity index (χ4n) is 6.96. The standard InChI is InChI=1S/C48H50O4S/c1-8-48(7,9-2)40-20-18-38(19-21-40)46(3,4)36-14-10-34(11-15-36)35-12-16-37(17-13-35)47(5,6)39-22-26-42(27-23-39)52-43-28-32-45(33-29-43)53(50,51)44-30-24-41(49)25-31-44/h10-33,49H,8-9H2,1-7H3. The lowest BCUT2D eigenvalue weighted by Crippen LogP contribution is -2.21. The lowest BCUT2D eigenvalue weighted by molar-refractivity contribution is 0.438. The van der Waals surface area contributed by atoms with E-state index in [0.717, 1.165) is 18.4 Å². The summed E-state index contributed by atoms with van der Waals surface area (Å²) in [6.45, 7) is 16.0. The lowest BCUT2D eigenvalue weighted by Gasteiger charge is -2.30. The molecule has 0 aliphatic carbocycles. The number of hydrogen-bond acceptors (Lipinski definition) is 4. The summed E-state index contributed by atoms with van der Waals surface area (Å²) in [6, 6.07) is 47.0. The van der Waals surface area contributed by atoms with Gasteiger partial charge in [0, 0.05) is 10.8 Å². The summed E-state index contributed by atoms with van der Waals surface area (Å²) in [4.78, 5) is 0.275. The largest absolute Gasteiger partial charge is 0.508 e. The Kier molecular flexibility index (Phi) is 10.4. The average Bonchev–Trinajstić information content (AvgIpc) is 3.18. The number of ether oxygens (including phenoxy) is 1. The summed E-state index contributed by atoms with van der Waals surface area (Å²) in [5.74, 6) is 1.21. The average molecular weight is 723 g/mol. The molecule has 0 amide bonds. The van der Waals surface area contributed by atoms with Crippen molar-refractivity contribution < 1.29 is 18.3 Å². The summed E-state index contributed by atoms with van der Waals surface area (Å²) in [7, 11) is -3.70. The second-order valence-corrected chi connectivity index (χ2v) is 17.3. The molecule has 0 atom stereocenters.